The van der Waals surface area contributed by atoms with Gasteiger partial charge in [-0.1, -0.05) is 30.7 Å². The highest BCUT2D eigenvalue weighted by atomic mass is 16.3. The Morgan fingerprint density at radius 1 is 1.24 bits per heavy atom. The van der Waals surface area contributed by atoms with Gasteiger partial charge >= 0.3 is 0 Å². The lowest BCUT2D eigenvalue weighted by molar-refractivity contribution is 0.168. The van der Waals surface area contributed by atoms with Gasteiger partial charge in [0.25, 0.3) is 0 Å². The molecule has 2 rings (SSSR count). The van der Waals surface area contributed by atoms with Gasteiger partial charge in [0.2, 0.25) is 0 Å². The van der Waals surface area contributed by atoms with Gasteiger partial charge in [0.15, 0.2) is 0 Å². The molecule has 0 aliphatic carbocycles. The summed E-state index contributed by atoms with van der Waals surface area (Å²) in [7, 11) is 1.93. The second-order valence-corrected chi connectivity index (χ2v) is 6.57. The van der Waals surface area contributed by atoms with E-state index in [9.17, 15) is 5.11 Å². The SMILES string of the molecule is CNC(C)(CO)CCCCN1CCCc2ccccc2C1. The maximum Gasteiger partial charge on any atom is 0.0610 e. The van der Waals surface area contributed by atoms with E-state index in [-0.39, 0.29) is 12.1 Å². The maximum absolute atomic E-state index is 9.41. The molecule has 0 radical (unpaired) electrons. The smallest absolute Gasteiger partial charge is 0.0610 e. The molecule has 0 fully saturated rings. The van der Waals surface area contributed by atoms with Crippen molar-refractivity contribution in [3.05, 3.63) is 35.4 Å². The summed E-state index contributed by atoms with van der Waals surface area (Å²) in [5.41, 5.74) is 2.92. The van der Waals surface area contributed by atoms with Crippen molar-refractivity contribution in [1.29, 1.82) is 0 Å². The minimum absolute atomic E-state index is 0.120. The number of benzene rings is 1. The predicted octanol–water partition coefficient (Wildman–Crippen LogP) is 2.58. The van der Waals surface area contributed by atoms with Crippen molar-refractivity contribution in [2.45, 2.75) is 51.1 Å². The van der Waals surface area contributed by atoms with E-state index in [4.69, 9.17) is 0 Å². The normalized spacial score (nSPS) is 18.8. The zero-order valence-corrected chi connectivity index (χ0v) is 13.6. The molecule has 1 aromatic rings. The van der Waals surface area contributed by atoms with Crippen molar-refractivity contribution in [2.24, 2.45) is 0 Å². The van der Waals surface area contributed by atoms with Crippen LogP contribution in [0.15, 0.2) is 24.3 Å². The van der Waals surface area contributed by atoms with Crippen LogP contribution in [-0.4, -0.2) is 42.3 Å². The first-order valence-electron chi connectivity index (χ1n) is 8.26. The van der Waals surface area contributed by atoms with Gasteiger partial charge in [0, 0.05) is 12.1 Å². The number of hydrogen-bond donors (Lipinski definition) is 2. The number of aliphatic hydroxyl groups is 1. The number of aryl methyl sites for hydroxylation is 1. The van der Waals surface area contributed by atoms with Crippen LogP contribution in [0, 0.1) is 0 Å². The molecule has 0 amide bonds. The second-order valence-electron chi connectivity index (χ2n) is 6.57. The third-order valence-electron chi connectivity index (χ3n) is 4.84. The minimum Gasteiger partial charge on any atom is -0.394 e. The number of nitrogens with zero attached hydrogens (tertiary/aromatic N) is 1. The van der Waals surface area contributed by atoms with Gasteiger partial charge in [-0.2, -0.15) is 0 Å². The van der Waals surface area contributed by atoms with Crippen LogP contribution >= 0.6 is 0 Å². The summed E-state index contributed by atoms with van der Waals surface area (Å²) < 4.78 is 0. The average molecular weight is 290 g/mol. The maximum atomic E-state index is 9.41. The summed E-state index contributed by atoms with van der Waals surface area (Å²) in [5.74, 6) is 0. The summed E-state index contributed by atoms with van der Waals surface area (Å²) in [6.45, 7) is 5.77. The first-order chi connectivity index (χ1) is 10.2. The average Bonchev–Trinajstić information content (AvgIpc) is 2.73. The Hall–Kier alpha value is -0.900. The molecule has 0 aromatic heterocycles. The number of likely N-dealkylation sites (N-methyl/N-ethyl adjacent to an activating group) is 1. The molecule has 118 valence electrons. The van der Waals surface area contributed by atoms with Gasteiger partial charge in [-0.05, 0) is 63.9 Å². The molecule has 1 aromatic carbocycles. The van der Waals surface area contributed by atoms with Crippen molar-refractivity contribution >= 4 is 0 Å². The molecule has 1 aliphatic heterocycles. The van der Waals surface area contributed by atoms with Gasteiger partial charge in [-0.3, -0.25) is 4.90 Å². The van der Waals surface area contributed by atoms with Gasteiger partial charge < -0.3 is 10.4 Å². The Kier molecular flexibility index (Phi) is 6.22. The van der Waals surface area contributed by atoms with Crippen LogP contribution in [0.2, 0.25) is 0 Å². The number of fused-ring (bicyclic) bond motifs is 1. The highest BCUT2D eigenvalue weighted by Crippen LogP contribution is 2.19. The van der Waals surface area contributed by atoms with Crippen LogP contribution in [0.25, 0.3) is 0 Å². The van der Waals surface area contributed by atoms with Crippen LogP contribution in [-0.2, 0) is 13.0 Å². The molecule has 21 heavy (non-hydrogen) atoms. The number of hydrogen-bond acceptors (Lipinski definition) is 3. The van der Waals surface area contributed by atoms with E-state index < -0.39 is 0 Å². The van der Waals surface area contributed by atoms with E-state index in [1.54, 1.807) is 0 Å². The quantitative estimate of drug-likeness (QED) is 0.758. The molecule has 1 atom stereocenters. The topological polar surface area (TPSA) is 35.5 Å². The summed E-state index contributed by atoms with van der Waals surface area (Å²) >= 11 is 0. The second kappa shape index (κ2) is 7.92. The molecular weight excluding hydrogens is 260 g/mol. The summed E-state index contributed by atoms with van der Waals surface area (Å²) in [4.78, 5) is 2.58. The van der Waals surface area contributed by atoms with Crippen LogP contribution in [0.1, 0.15) is 43.7 Å². The van der Waals surface area contributed by atoms with E-state index in [0.29, 0.717) is 0 Å². The number of rotatable bonds is 7. The fourth-order valence-corrected chi connectivity index (χ4v) is 3.09. The Labute approximate surface area is 129 Å². The summed E-state index contributed by atoms with van der Waals surface area (Å²) in [6, 6.07) is 8.86. The van der Waals surface area contributed by atoms with Crippen molar-refractivity contribution in [3.8, 4) is 0 Å². The van der Waals surface area contributed by atoms with Crippen molar-refractivity contribution in [2.75, 3.05) is 26.7 Å². The third-order valence-corrected chi connectivity index (χ3v) is 4.84. The van der Waals surface area contributed by atoms with Gasteiger partial charge in [0.1, 0.15) is 0 Å². The minimum atomic E-state index is -0.120. The Morgan fingerprint density at radius 2 is 2.00 bits per heavy atom. The molecular formula is C18H30N2O. The Morgan fingerprint density at radius 3 is 2.71 bits per heavy atom. The lowest BCUT2D eigenvalue weighted by Gasteiger charge is -2.27. The summed E-state index contributed by atoms with van der Waals surface area (Å²) in [5, 5.41) is 12.6. The fraction of sp³-hybridized carbons (Fsp3) is 0.667. The van der Waals surface area contributed by atoms with E-state index in [1.807, 2.05) is 7.05 Å². The van der Waals surface area contributed by atoms with E-state index in [2.05, 4.69) is 41.4 Å². The van der Waals surface area contributed by atoms with Crippen LogP contribution < -0.4 is 5.32 Å². The zero-order chi connectivity index (χ0) is 15.1. The molecule has 1 heterocycles. The standard InChI is InChI=1S/C18H30N2O/c1-18(15-21,19-2)11-5-6-12-20-13-7-10-16-8-3-4-9-17(16)14-20/h3-4,8-9,19,21H,5-7,10-15H2,1-2H3. The predicted molar refractivity (Wildman–Crippen MR) is 88.4 cm³/mol. The number of nitrogens with one attached hydrogen (secondary N) is 1. The largest absolute Gasteiger partial charge is 0.394 e. The Bertz CT molecular complexity index is 429. The van der Waals surface area contributed by atoms with Gasteiger partial charge in [-0.15, -0.1) is 0 Å². The molecule has 3 nitrogen and oxygen atoms in total. The molecule has 0 spiro atoms. The lowest BCUT2D eigenvalue weighted by Crippen LogP contribution is -2.43. The number of unbranched alkanes of at least 4 members (excludes halogenated alkanes) is 1. The van der Waals surface area contributed by atoms with Gasteiger partial charge in [-0.25, -0.2) is 0 Å². The summed E-state index contributed by atoms with van der Waals surface area (Å²) in [6.07, 6.45) is 5.89. The van der Waals surface area contributed by atoms with E-state index in [0.717, 1.165) is 19.4 Å². The molecule has 0 bridgehead atoms. The van der Waals surface area contributed by atoms with Gasteiger partial charge in [0.05, 0.1) is 6.61 Å². The van der Waals surface area contributed by atoms with Crippen molar-refractivity contribution in [3.63, 3.8) is 0 Å². The zero-order valence-electron chi connectivity index (χ0n) is 13.6. The van der Waals surface area contributed by atoms with Crippen LogP contribution in [0.3, 0.4) is 0 Å². The lowest BCUT2D eigenvalue weighted by atomic mass is 9.96. The molecule has 1 aliphatic rings. The highest BCUT2D eigenvalue weighted by Gasteiger charge is 2.20. The first-order valence-corrected chi connectivity index (χ1v) is 8.26. The van der Waals surface area contributed by atoms with Crippen LogP contribution in [0.4, 0.5) is 0 Å². The molecule has 1 unspecified atom stereocenters. The molecule has 0 saturated carbocycles. The van der Waals surface area contributed by atoms with Crippen LogP contribution in [0.5, 0.6) is 0 Å². The first kappa shape index (κ1) is 16.5. The molecule has 2 N–H and O–H groups in total. The van der Waals surface area contributed by atoms with Crippen molar-refractivity contribution < 1.29 is 5.11 Å². The van der Waals surface area contributed by atoms with Crippen molar-refractivity contribution in [1.82, 2.24) is 10.2 Å². The third kappa shape index (κ3) is 4.80. The highest BCUT2D eigenvalue weighted by molar-refractivity contribution is 5.27. The fourth-order valence-electron chi connectivity index (χ4n) is 3.09. The molecule has 3 heteroatoms. The number of aliphatic hydroxyl groups excluding tert-OH is 1. The monoisotopic (exact) mass is 290 g/mol. The van der Waals surface area contributed by atoms with E-state index >= 15 is 0 Å². The Balaban J connectivity index is 1.77. The van der Waals surface area contributed by atoms with E-state index in [1.165, 1.54) is 43.5 Å². The molecule has 0 saturated heterocycles.